The first-order chi connectivity index (χ1) is 10.2. The zero-order chi connectivity index (χ0) is 14.7. The molecule has 0 atom stereocenters. The summed E-state index contributed by atoms with van der Waals surface area (Å²) in [5.74, 6) is 0.321. The standard InChI is InChI=1S/C13H12N6OS/c14-13-16-8(7-21-13)5-12(20)19-15-6-11-17-9-3-1-2-4-10(9)18-11/h1-4,6-7H,5H2,(H2,14,16)(H,17,18)(H,19,20)/b15-6-. The summed E-state index contributed by atoms with van der Waals surface area (Å²) >= 11 is 1.30. The molecular formula is C13H12N6OS. The van der Waals surface area contributed by atoms with E-state index >= 15 is 0 Å². The number of carbonyl (C=O) groups excluding carboxylic acids is 1. The molecule has 0 radical (unpaired) electrons. The molecule has 0 fully saturated rings. The topological polar surface area (TPSA) is 109 Å². The highest BCUT2D eigenvalue weighted by atomic mass is 32.1. The van der Waals surface area contributed by atoms with Crippen molar-refractivity contribution >= 4 is 39.6 Å². The van der Waals surface area contributed by atoms with Crippen LogP contribution in [0.1, 0.15) is 11.5 Å². The molecule has 4 N–H and O–H groups in total. The number of hydrogen-bond donors (Lipinski definition) is 3. The molecule has 2 aromatic heterocycles. The number of imidazole rings is 1. The largest absolute Gasteiger partial charge is 0.375 e. The summed E-state index contributed by atoms with van der Waals surface area (Å²) in [4.78, 5) is 23.1. The number of para-hydroxylation sites is 2. The molecule has 0 unspecified atom stereocenters. The van der Waals surface area contributed by atoms with Crippen LogP contribution in [0.2, 0.25) is 0 Å². The number of rotatable bonds is 4. The number of H-pyrrole nitrogens is 1. The maximum absolute atomic E-state index is 11.7. The molecule has 0 saturated heterocycles. The molecule has 0 aliphatic heterocycles. The van der Waals surface area contributed by atoms with E-state index in [9.17, 15) is 4.79 Å². The predicted octanol–water partition coefficient (Wildman–Crippen LogP) is 1.29. The average molecular weight is 300 g/mol. The van der Waals surface area contributed by atoms with Gasteiger partial charge in [0.25, 0.3) is 0 Å². The van der Waals surface area contributed by atoms with Crippen LogP contribution in [0, 0.1) is 0 Å². The highest BCUT2D eigenvalue weighted by Crippen LogP contribution is 2.11. The molecule has 8 heteroatoms. The summed E-state index contributed by atoms with van der Waals surface area (Å²) in [5, 5.41) is 6.06. The number of nitrogens with one attached hydrogen (secondary N) is 2. The first-order valence-electron chi connectivity index (χ1n) is 6.17. The van der Waals surface area contributed by atoms with Crippen molar-refractivity contribution in [1.29, 1.82) is 0 Å². The van der Waals surface area contributed by atoms with Crippen molar-refractivity contribution in [3.8, 4) is 0 Å². The normalized spacial score (nSPS) is 11.2. The van der Waals surface area contributed by atoms with Crippen molar-refractivity contribution < 1.29 is 4.79 Å². The number of aromatic nitrogens is 3. The number of hydrogen-bond acceptors (Lipinski definition) is 6. The van der Waals surface area contributed by atoms with Gasteiger partial charge in [-0.05, 0) is 12.1 Å². The first-order valence-corrected chi connectivity index (χ1v) is 7.05. The molecule has 2 heterocycles. The lowest BCUT2D eigenvalue weighted by molar-refractivity contribution is -0.120. The number of fused-ring (bicyclic) bond motifs is 1. The van der Waals surface area contributed by atoms with E-state index in [4.69, 9.17) is 5.73 Å². The molecule has 0 bridgehead atoms. The third kappa shape index (κ3) is 3.23. The molecule has 0 aliphatic carbocycles. The second kappa shape index (κ2) is 5.71. The van der Waals surface area contributed by atoms with E-state index in [2.05, 4.69) is 25.5 Å². The van der Waals surface area contributed by atoms with E-state index in [-0.39, 0.29) is 12.3 Å². The highest BCUT2D eigenvalue weighted by Gasteiger charge is 2.05. The molecule has 21 heavy (non-hydrogen) atoms. The summed E-state index contributed by atoms with van der Waals surface area (Å²) < 4.78 is 0. The molecule has 0 spiro atoms. The maximum atomic E-state index is 11.7. The summed E-state index contributed by atoms with van der Waals surface area (Å²) in [6, 6.07) is 7.65. The van der Waals surface area contributed by atoms with Crippen molar-refractivity contribution in [1.82, 2.24) is 20.4 Å². The molecule has 3 rings (SSSR count). The number of nitrogens with zero attached hydrogens (tertiary/aromatic N) is 3. The third-order valence-corrected chi connectivity index (χ3v) is 3.42. The zero-order valence-electron chi connectivity index (χ0n) is 10.9. The van der Waals surface area contributed by atoms with Gasteiger partial charge in [0.15, 0.2) is 11.0 Å². The van der Waals surface area contributed by atoms with Crippen LogP contribution >= 0.6 is 11.3 Å². The molecule has 1 amide bonds. The lowest BCUT2D eigenvalue weighted by Gasteiger charge is -1.95. The Labute approximate surface area is 123 Å². The Morgan fingerprint density at radius 3 is 3.05 bits per heavy atom. The number of thiazole rings is 1. The Morgan fingerprint density at radius 2 is 2.29 bits per heavy atom. The highest BCUT2D eigenvalue weighted by molar-refractivity contribution is 7.13. The SMILES string of the molecule is Nc1nc(CC(=O)N/N=C\c2nc3ccccc3[nH]2)cs1. The molecule has 0 saturated carbocycles. The predicted molar refractivity (Wildman–Crippen MR) is 82.1 cm³/mol. The number of hydrazone groups is 1. The van der Waals surface area contributed by atoms with Gasteiger partial charge in [-0.3, -0.25) is 4.79 Å². The van der Waals surface area contributed by atoms with Crippen LogP contribution in [0.4, 0.5) is 5.13 Å². The zero-order valence-corrected chi connectivity index (χ0v) is 11.7. The van der Waals surface area contributed by atoms with Crippen molar-refractivity contribution in [2.45, 2.75) is 6.42 Å². The summed E-state index contributed by atoms with van der Waals surface area (Å²) in [7, 11) is 0. The molecular weight excluding hydrogens is 288 g/mol. The van der Waals surface area contributed by atoms with Gasteiger partial charge in [0, 0.05) is 5.38 Å². The Balaban J connectivity index is 1.60. The van der Waals surface area contributed by atoms with Crippen molar-refractivity contribution in [3.63, 3.8) is 0 Å². The Morgan fingerprint density at radius 1 is 1.43 bits per heavy atom. The van der Waals surface area contributed by atoms with E-state index in [0.29, 0.717) is 16.6 Å². The smallest absolute Gasteiger partial charge is 0.246 e. The van der Waals surface area contributed by atoms with Crippen LogP contribution in [-0.2, 0) is 11.2 Å². The fraction of sp³-hybridized carbons (Fsp3) is 0.0769. The molecule has 0 aliphatic rings. The quantitative estimate of drug-likeness (QED) is 0.498. The Hall–Kier alpha value is -2.74. The number of nitrogen functional groups attached to an aromatic ring is 1. The minimum absolute atomic E-state index is 0.144. The van der Waals surface area contributed by atoms with E-state index in [1.165, 1.54) is 17.6 Å². The number of carbonyl (C=O) groups is 1. The van der Waals surface area contributed by atoms with Gasteiger partial charge >= 0.3 is 0 Å². The van der Waals surface area contributed by atoms with Gasteiger partial charge in [0.2, 0.25) is 5.91 Å². The van der Waals surface area contributed by atoms with Crippen molar-refractivity contribution in [2.24, 2.45) is 5.10 Å². The molecule has 7 nitrogen and oxygen atoms in total. The van der Waals surface area contributed by atoms with Crippen LogP contribution in [0.5, 0.6) is 0 Å². The summed E-state index contributed by atoms with van der Waals surface area (Å²) in [5.41, 5.74) is 10.3. The first kappa shape index (κ1) is 13.3. The molecule has 1 aromatic carbocycles. The second-order valence-electron chi connectivity index (χ2n) is 4.29. The fourth-order valence-corrected chi connectivity index (χ4v) is 2.37. The number of benzene rings is 1. The second-order valence-corrected chi connectivity index (χ2v) is 5.18. The lowest BCUT2D eigenvalue weighted by Crippen LogP contribution is -2.20. The van der Waals surface area contributed by atoms with Crippen molar-refractivity contribution in [3.05, 3.63) is 41.2 Å². The Bertz CT molecular complexity index is 773. The number of amides is 1. The van der Waals surface area contributed by atoms with Gasteiger partial charge in [-0.15, -0.1) is 11.3 Å². The molecule has 106 valence electrons. The van der Waals surface area contributed by atoms with E-state index in [1.54, 1.807) is 5.38 Å². The van der Waals surface area contributed by atoms with Crippen LogP contribution in [0.3, 0.4) is 0 Å². The lowest BCUT2D eigenvalue weighted by atomic mass is 10.3. The van der Waals surface area contributed by atoms with Crippen LogP contribution in [-0.4, -0.2) is 27.1 Å². The monoisotopic (exact) mass is 300 g/mol. The third-order valence-electron chi connectivity index (χ3n) is 2.69. The van der Waals surface area contributed by atoms with Crippen molar-refractivity contribution in [2.75, 3.05) is 5.73 Å². The van der Waals surface area contributed by atoms with E-state index in [1.807, 2.05) is 24.3 Å². The van der Waals surface area contributed by atoms with Crippen LogP contribution in [0.25, 0.3) is 11.0 Å². The van der Waals surface area contributed by atoms with Gasteiger partial charge in [0.1, 0.15) is 0 Å². The summed E-state index contributed by atoms with van der Waals surface area (Å²) in [6.45, 7) is 0. The fourth-order valence-electron chi connectivity index (χ4n) is 1.81. The van der Waals surface area contributed by atoms with Gasteiger partial charge in [-0.1, -0.05) is 12.1 Å². The Kier molecular flexibility index (Phi) is 3.61. The minimum Gasteiger partial charge on any atom is -0.375 e. The molecule has 3 aromatic rings. The van der Waals surface area contributed by atoms with Crippen LogP contribution < -0.4 is 11.2 Å². The number of nitrogens with two attached hydrogens (primary N) is 1. The van der Waals surface area contributed by atoms with Gasteiger partial charge < -0.3 is 10.7 Å². The number of aromatic amines is 1. The van der Waals surface area contributed by atoms with Gasteiger partial charge in [-0.2, -0.15) is 5.10 Å². The van der Waals surface area contributed by atoms with E-state index in [0.717, 1.165) is 11.0 Å². The van der Waals surface area contributed by atoms with Gasteiger partial charge in [0.05, 0.1) is 29.4 Å². The van der Waals surface area contributed by atoms with Crippen LogP contribution in [0.15, 0.2) is 34.7 Å². The van der Waals surface area contributed by atoms with Gasteiger partial charge in [-0.25, -0.2) is 15.4 Å². The van der Waals surface area contributed by atoms with E-state index < -0.39 is 0 Å². The average Bonchev–Trinajstić information content (AvgIpc) is 3.04. The maximum Gasteiger partial charge on any atom is 0.246 e. The summed E-state index contributed by atoms with van der Waals surface area (Å²) in [6.07, 6.45) is 1.61. The minimum atomic E-state index is -0.257. The number of anilines is 1.